The fourth-order valence-electron chi connectivity index (χ4n) is 1.46. The molecule has 0 aliphatic heterocycles. The standard InChI is InChI=1S/C12H9F3N2O2/c13-12(14,15)9-3-1-2-8(4-9)5-16-11(18)10-6-19-7-17-10/h1-4,6-7H,5H2,(H,16,18). The van der Waals surface area contributed by atoms with Crippen LogP contribution in [0.5, 0.6) is 0 Å². The quantitative estimate of drug-likeness (QED) is 0.932. The molecule has 0 saturated carbocycles. The highest BCUT2D eigenvalue weighted by molar-refractivity contribution is 5.91. The number of rotatable bonds is 3. The number of hydrogen-bond donors (Lipinski definition) is 1. The van der Waals surface area contributed by atoms with Gasteiger partial charge in [0.25, 0.3) is 5.91 Å². The van der Waals surface area contributed by atoms with E-state index in [0.717, 1.165) is 24.8 Å². The van der Waals surface area contributed by atoms with Crippen LogP contribution in [-0.4, -0.2) is 10.9 Å². The van der Waals surface area contributed by atoms with Crippen LogP contribution in [0.15, 0.2) is 41.3 Å². The highest BCUT2D eigenvalue weighted by atomic mass is 19.4. The first-order valence-electron chi connectivity index (χ1n) is 5.29. The Labute approximate surface area is 106 Å². The topological polar surface area (TPSA) is 55.1 Å². The van der Waals surface area contributed by atoms with Crippen molar-refractivity contribution in [3.8, 4) is 0 Å². The van der Waals surface area contributed by atoms with Gasteiger partial charge in [-0.05, 0) is 17.7 Å². The Kier molecular flexibility index (Phi) is 3.55. The van der Waals surface area contributed by atoms with Crippen molar-refractivity contribution < 1.29 is 22.4 Å². The molecule has 0 fully saturated rings. The van der Waals surface area contributed by atoms with Crippen LogP contribution in [0.4, 0.5) is 13.2 Å². The van der Waals surface area contributed by atoms with Gasteiger partial charge in [0.05, 0.1) is 5.56 Å². The molecule has 1 aromatic heterocycles. The Hall–Kier alpha value is -2.31. The molecule has 1 N–H and O–H groups in total. The van der Waals surface area contributed by atoms with Crippen LogP contribution >= 0.6 is 0 Å². The molecule has 1 aromatic carbocycles. The van der Waals surface area contributed by atoms with E-state index in [9.17, 15) is 18.0 Å². The van der Waals surface area contributed by atoms with Crippen molar-refractivity contribution in [1.29, 1.82) is 0 Å². The van der Waals surface area contributed by atoms with Gasteiger partial charge < -0.3 is 9.73 Å². The summed E-state index contributed by atoms with van der Waals surface area (Å²) in [5.41, 5.74) is -0.320. The fraction of sp³-hybridized carbons (Fsp3) is 0.167. The highest BCUT2D eigenvalue weighted by Crippen LogP contribution is 2.29. The van der Waals surface area contributed by atoms with Gasteiger partial charge in [-0.25, -0.2) is 4.98 Å². The van der Waals surface area contributed by atoms with E-state index >= 15 is 0 Å². The fourth-order valence-corrected chi connectivity index (χ4v) is 1.46. The molecule has 2 rings (SSSR count). The summed E-state index contributed by atoms with van der Waals surface area (Å²) < 4.78 is 42.1. The van der Waals surface area contributed by atoms with Crippen LogP contribution < -0.4 is 5.32 Å². The van der Waals surface area contributed by atoms with Gasteiger partial charge in [0, 0.05) is 6.54 Å². The number of amides is 1. The second-order valence-corrected chi connectivity index (χ2v) is 3.75. The predicted octanol–water partition coefficient (Wildman–Crippen LogP) is 2.62. The maximum Gasteiger partial charge on any atom is 0.416 e. The Morgan fingerprint density at radius 3 is 2.79 bits per heavy atom. The van der Waals surface area contributed by atoms with Crippen LogP contribution in [0.25, 0.3) is 0 Å². The lowest BCUT2D eigenvalue weighted by Crippen LogP contribution is -2.23. The van der Waals surface area contributed by atoms with Crippen LogP contribution in [0.2, 0.25) is 0 Å². The second kappa shape index (κ2) is 5.13. The van der Waals surface area contributed by atoms with Crippen molar-refractivity contribution in [3.05, 3.63) is 53.7 Å². The van der Waals surface area contributed by atoms with Gasteiger partial charge in [0.15, 0.2) is 12.1 Å². The summed E-state index contributed by atoms with van der Waals surface area (Å²) >= 11 is 0. The minimum absolute atomic E-state index is 0.0182. The molecule has 0 spiro atoms. The summed E-state index contributed by atoms with van der Waals surface area (Å²) in [5, 5.41) is 2.45. The van der Waals surface area contributed by atoms with Gasteiger partial charge in [-0.15, -0.1) is 0 Å². The van der Waals surface area contributed by atoms with Gasteiger partial charge in [0.2, 0.25) is 0 Å². The maximum atomic E-state index is 12.5. The zero-order chi connectivity index (χ0) is 13.9. The number of carbonyl (C=O) groups excluding carboxylic acids is 1. The summed E-state index contributed by atoms with van der Waals surface area (Å²) in [6.07, 6.45) is -2.15. The summed E-state index contributed by atoms with van der Waals surface area (Å²) in [4.78, 5) is 15.1. The van der Waals surface area contributed by atoms with E-state index in [1.807, 2.05) is 0 Å². The van der Waals surface area contributed by atoms with Gasteiger partial charge in [-0.1, -0.05) is 12.1 Å². The Morgan fingerprint density at radius 2 is 2.16 bits per heavy atom. The Morgan fingerprint density at radius 1 is 1.37 bits per heavy atom. The summed E-state index contributed by atoms with van der Waals surface area (Å²) in [6.45, 7) is -0.0182. The SMILES string of the molecule is O=C(NCc1cccc(C(F)(F)F)c1)c1cocn1. The normalized spacial score (nSPS) is 11.3. The molecule has 2 aromatic rings. The third-order valence-electron chi connectivity index (χ3n) is 2.37. The largest absolute Gasteiger partial charge is 0.451 e. The zero-order valence-electron chi connectivity index (χ0n) is 9.57. The van der Waals surface area contributed by atoms with E-state index in [1.54, 1.807) is 0 Å². The first-order valence-corrected chi connectivity index (χ1v) is 5.29. The van der Waals surface area contributed by atoms with Gasteiger partial charge in [-0.2, -0.15) is 13.2 Å². The molecule has 0 radical (unpaired) electrons. The lowest BCUT2D eigenvalue weighted by atomic mass is 10.1. The molecule has 0 saturated heterocycles. The minimum Gasteiger partial charge on any atom is -0.451 e. The molecule has 0 aliphatic carbocycles. The molecule has 1 heterocycles. The van der Waals surface area contributed by atoms with E-state index in [0.29, 0.717) is 5.56 Å². The molecule has 1 amide bonds. The van der Waals surface area contributed by atoms with Crippen LogP contribution in [0.1, 0.15) is 21.6 Å². The molecular formula is C12H9F3N2O2. The number of halogens is 3. The van der Waals surface area contributed by atoms with E-state index < -0.39 is 17.6 Å². The van der Waals surface area contributed by atoms with E-state index in [-0.39, 0.29) is 12.2 Å². The third-order valence-corrected chi connectivity index (χ3v) is 2.37. The number of aromatic nitrogens is 1. The number of alkyl halides is 3. The molecular weight excluding hydrogens is 261 g/mol. The molecule has 19 heavy (non-hydrogen) atoms. The van der Waals surface area contributed by atoms with Crippen LogP contribution in [-0.2, 0) is 12.7 Å². The zero-order valence-corrected chi connectivity index (χ0v) is 9.57. The van der Waals surface area contributed by atoms with E-state index in [1.165, 1.54) is 12.1 Å². The Bertz CT molecular complexity index is 565. The van der Waals surface area contributed by atoms with Crippen LogP contribution in [0, 0.1) is 0 Å². The molecule has 0 aliphatic rings. The summed E-state index contributed by atoms with van der Waals surface area (Å²) in [5.74, 6) is -0.508. The number of nitrogens with one attached hydrogen (secondary N) is 1. The first kappa shape index (κ1) is 13.1. The van der Waals surface area contributed by atoms with Crippen molar-refractivity contribution in [1.82, 2.24) is 10.3 Å². The predicted molar refractivity (Wildman–Crippen MR) is 59.1 cm³/mol. The van der Waals surface area contributed by atoms with Gasteiger partial charge in [-0.3, -0.25) is 4.79 Å². The third kappa shape index (κ3) is 3.34. The smallest absolute Gasteiger partial charge is 0.416 e. The van der Waals surface area contributed by atoms with E-state index in [4.69, 9.17) is 0 Å². The summed E-state index contributed by atoms with van der Waals surface area (Å²) in [7, 11) is 0. The van der Waals surface area contributed by atoms with Crippen molar-refractivity contribution >= 4 is 5.91 Å². The second-order valence-electron chi connectivity index (χ2n) is 3.75. The minimum atomic E-state index is -4.40. The van der Waals surface area contributed by atoms with Crippen LogP contribution in [0.3, 0.4) is 0 Å². The number of nitrogens with zero attached hydrogens (tertiary/aromatic N) is 1. The molecule has 0 unspecified atom stereocenters. The number of oxazole rings is 1. The average molecular weight is 270 g/mol. The van der Waals surface area contributed by atoms with Crippen molar-refractivity contribution in [2.24, 2.45) is 0 Å². The maximum absolute atomic E-state index is 12.5. The van der Waals surface area contributed by atoms with Crippen molar-refractivity contribution in [3.63, 3.8) is 0 Å². The molecule has 100 valence electrons. The molecule has 4 nitrogen and oxygen atoms in total. The molecule has 0 bridgehead atoms. The lowest BCUT2D eigenvalue weighted by Gasteiger charge is -2.09. The van der Waals surface area contributed by atoms with Gasteiger partial charge >= 0.3 is 6.18 Å². The summed E-state index contributed by atoms with van der Waals surface area (Å²) in [6, 6.07) is 4.75. The molecule has 0 atom stereocenters. The van der Waals surface area contributed by atoms with E-state index in [2.05, 4.69) is 14.7 Å². The lowest BCUT2D eigenvalue weighted by molar-refractivity contribution is -0.137. The number of benzene rings is 1. The Balaban J connectivity index is 2.02. The first-order chi connectivity index (χ1) is 8.97. The van der Waals surface area contributed by atoms with Crippen molar-refractivity contribution in [2.75, 3.05) is 0 Å². The van der Waals surface area contributed by atoms with Crippen molar-refractivity contribution in [2.45, 2.75) is 12.7 Å². The molecule has 7 heteroatoms. The monoisotopic (exact) mass is 270 g/mol. The van der Waals surface area contributed by atoms with Gasteiger partial charge in [0.1, 0.15) is 6.26 Å². The number of hydrogen-bond acceptors (Lipinski definition) is 3. The highest BCUT2D eigenvalue weighted by Gasteiger charge is 2.30. The number of carbonyl (C=O) groups is 1. The average Bonchev–Trinajstić information content (AvgIpc) is 2.89.